The zero-order chi connectivity index (χ0) is 29.4. The molecule has 42 heavy (non-hydrogen) atoms. The van der Waals surface area contributed by atoms with Crippen molar-refractivity contribution >= 4 is 55.0 Å². The van der Waals surface area contributed by atoms with Crippen molar-refractivity contribution in [3.8, 4) is 22.6 Å². The van der Waals surface area contributed by atoms with Crippen LogP contribution in [0.5, 0.6) is 11.5 Å². The second-order valence-corrected chi connectivity index (χ2v) is 10.6. The van der Waals surface area contributed by atoms with Gasteiger partial charge in [0, 0.05) is 34.4 Å². The third kappa shape index (κ3) is 4.57. The standard InChI is InChI=1S/C38H34O4/c1-5-23-17-19-29-31(21-23)35(25-13-9-11-15-27(25)37(29)41-33(39)7-3)36-26-14-10-12-16-28(26)38(42-34(40)8-4)30-20-18-24(6-2)22-32(30)36/h9-22H,5-8H2,1-4H3. The van der Waals surface area contributed by atoms with Crippen molar-refractivity contribution in [2.75, 3.05) is 0 Å². The number of aryl methyl sites for hydroxylation is 2. The second kappa shape index (κ2) is 11.3. The molecule has 0 aliphatic heterocycles. The average Bonchev–Trinajstić information content (AvgIpc) is 3.04. The molecule has 0 atom stereocenters. The van der Waals surface area contributed by atoms with Crippen molar-refractivity contribution in [1.29, 1.82) is 0 Å². The van der Waals surface area contributed by atoms with E-state index < -0.39 is 0 Å². The Morgan fingerprint density at radius 1 is 0.476 bits per heavy atom. The highest BCUT2D eigenvalue weighted by molar-refractivity contribution is 6.27. The highest BCUT2D eigenvalue weighted by atomic mass is 16.5. The zero-order valence-electron chi connectivity index (χ0n) is 24.5. The van der Waals surface area contributed by atoms with Gasteiger partial charge in [-0.15, -0.1) is 0 Å². The Morgan fingerprint density at radius 3 is 1.19 bits per heavy atom. The van der Waals surface area contributed by atoms with E-state index in [4.69, 9.17) is 9.47 Å². The fraction of sp³-hybridized carbons (Fsp3) is 0.211. The molecule has 0 saturated heterocycles. The monoisotopic (exact) mass is 554 g/mol. The maximum Gasteiger partial charge on any atom is 0.310 e. The van der Waals surface area contributed by atoms with Crippen LogP contribution in [0.25, 0.3) is 54.2 Å². The van der Waals surface area contributed by atoms with Crippen molar-refractivity contribution in [2.24, 2.45) is 0 Å². The molecule has 0 unspecified atom stereocenters. The maximum atomic E-state index is 12.7. The molecule has 0 bridgehead atoms. The summed E-state index contributed by atoms with van der Waals surface area (Å²) in [4.78, 5) is 25.3. The van der Waals surface area contributed by atoms with E-state index in [1.54, 1.807) is 0 Å². The molecule has 6 aromatic rings. The Morgan fingerprint density at radius 2 is 0.833 bits per heavy atom. The summed E-state index contributed by atoms with van der Waals surface area (Å²) in [6, 6.07) is 29.2. The molecule has 0 aliphatic rings. The van der Waals surface area contributed by atoms with Gasteiger partial charge in [0.15, 0.2) is 0 Å². The summed E-state index contributed by atoms with van der Waals surface area (Å²) in [6.07, 6.45) is 2.33. The summed E-state index contributed by atoms with van der Waals surface area (Å²) < 4.78 is 12.1. The van der Waals surface area contributed by atoms with E-state index >= 15 is 0 Å². The molecule has 4 heteroatoms. The summed E-state index contributed by atoms with van der Waals surface area (Å²) in [5.74, 6) is 0.657. The quantitative estimate of drug-likeness (QED) is 0.112. The molecule has 0 aromatic heterocycles. The fourth-order valence-electron chi connectivity index (χ4n) is 5.94. The molecule has 0 amide bonds. The summed E-state index contributed by atoms with van der Waals surface area (Å²) in [6.45, 7) is 7.92. The number of carbonyl (C=O) groups excluding carboxylic acids is 2. The molecule has 0 saturated carbocycles. The van der Waals surface area contributed by atoms with Gasteiger partial charge in [-0.2, -0.15) is 0 Å². The fourth-order valence-corrected chi connectivity index (χ4v) is 5.94. The van der Waals surface area contributed by atoms with Gasteiger partial charge in [0.1, 0.15) is 11.5 Å². The van der Waals surface area contributed by atoms with E-state index in [1.165, 1.54) is 11.1 Å². The van der Waals surface area contributed by atoms with Crippen molar-refractivity contribution < 1.29 is 19.1 Å². The predicted molar refractivity (Wildman–Crippen MR) is 173 cm³/mol. The first-order valence-corrected chi connectivity index (χ1v) is 14.8. The average molecular weight is 555 g/mol. The Hall–Kier alpha value is -4.70. The maximum absolute atomic E-state index is 12.7. The largest absolute Gasteiger partial charge is 0.425 e. The number of fused-ring (bicyclic) bond motifs is 4. The molecule has 6 aromatic carbocycles. The van der Waals surface area contributed by atoms with Gasteiger partial charge in [0.2, 0.25) is 0 Å². The van der Waals surface area contributed by atoms with Crippen LogP contribution in [-0.2, 0) is 22.4 Å². The second-order valence-electron chi connectivity index (χ2n) is 10.6. The minimum absolute atomic E-state index is 0.264. The van der Waals surface area contributed by atoms with E-state index in [9.17, 15) is 9.59 Å². The minimum atomic E-state index is -0.264. The topological polar surface area (TPSA) is 52.6 Å². The first-order chi connectivity index (χ1) is 20.5. The molecule has 0 radical (unpaired) electrons. The van der Waals surface area contributed by atoms with Gasteiger partial charge in [0.05, 0.1) is 0 Å². The van der Waals surface area contributed by atoms with Gasteiger partial charge in [-0.1, -0.05) is 113 Å². The van der Waals surface area contributed by atoms with Crippen molar-refractivity contribution in [3.05, 3.63) is 96.1 Å². The van der Waals surface area contributed by atoms with Gasteiger partial charge >= 0.3 is 11.9 Å². The Bertz CT molecular complexity index is 1870. The molecule has 4 nitrogen and oxygen atoms in total. The van der Waals surface area contributed by atoms with Gasteiger partial charge in [-0.3, -0.25) is 9.59 Å². The molecule has 0 heterocycles. The van der Waals surface area contributed by atoms with Crippen LogP contribution in [0.3, 0.4) is 0 Å². The molecule has 0 aliphatic carbocycles. The number of carbonyl (C=O) groups is 2. The van der Waals surface area contributed by atoms with E-state index in [0.717, 1.165) is 67.1 Å². The highest BCUT2D eigenvalue weighted by Gasteiger charge is 2.24. The molecule has 0 spiro atoms. The normalized spacial score (nSPS) is 11.4. The van der Waals surface area contributed by atoms with E-state index in [0.29, 0.717) is 11.5 Å². The Labute approximate surface area is 245 Å². The number of hydrogen-bond acceptors (Lipinski definition) is 4. The van der Waals surface area contributed by atoms with Crippen LogP contribution in [0, 0.1) is 0 Å². The lowest BCUT2D eigenvalue weighted by molar-refractivity contribution is -0.134. The van der Waals surface area contributed by atoms with Crippen molar-refractivity contribution in [2.45, 2.75) is 53.4 Å². The van der Waals surface area contributed by atoms with Crippen molar-refractivity contribution in [1.82, 2.24) is 0 Å². The Balaban J connectivity index is 1.87. The summed E-state index contributed by atoms with van der Waals surface area (Å²) in [7, 11) is 0. The van der Waals surface area contributed by atoms with Crippen LogP contribution in [0.1, 0.15) is 51.7 Å². The van der Waals surface area contributed by atoms with E-state index in [2.05, 4.69) is 62.4 Å². The summed E-state index contributed by atoms with van der Waals surface area (Å²) in [5, 5.41) is 7.62. The number of esters is 2. The predicted octanol–water partition coefficient (Wildman–Crippen LogP) is 9.72. The van der Waals surface area contributed by atoms with Crippen LogP contribution in [0.4, 0.5) is 0 Å². The Kier molecular flexibility index (Phi) is 7.38. The van der Waals surface area contributed by atoms with E-state index in [-0.39, 0.29) is 24.8 Å². The molecule has 0 fully saturated rings. The number of benzene rings is 6. The first-order valence-electron chi connectivity index (χ1n) is 14.8. The first kappa shape index (κ1) is 27.5. The number of hydrogen-bond donors (Lipinski definition) is 0. The van der Waals surface area contributed by atoms with Crippen LogP contribution in [0.15, 0.2) is 84.9 Å². The smallest absolute Gasteiger partial charge is 0.310 e. The lowest BCUT2D eigenvalue weighted by Gasteiger charge is -2.22. The van der Waals surface area contributed by atoms with Gasteiger partial charge in [-0.25, -0.2) is 0 Å². The molecule has 0 N–H and O–H groups in total. The third-order valence-electron chi connectivity index (χ3n) is 8.15. The molecule has 210 valence electrons. The summed E-state index contributed by atoms with van der Waals surface area (Å²) in [5.41, 5.74) is 4.55. The van der Waals surface area contributed by atoms with Gasteiger partial charge < -0.3 is 9.47 Å². The van der Waals surface area contributed by atoms with Crippen LogP contribution < -0.4 is 9.47 Å². The molecule has 6 rings (SSSR count). The summed E-state index contributed by atoms with van der Waals surface area (Å²) >= 11 is 0. The molecular weight excluding hydrogens is 520 g/mol. The lowest BCUT2D eigenvalue weighted by atomic mass is 9.84. The minimum Gasteiger partial charge on any atom is -0.425 e. The van der Waals surface area contributed by atoms with E-state index in [1.807, 2.05) is 50.2 Å². The van der Waals surface area contributed by atoms with Crippen LogP contribution in [-0.4, -0.2) is 11.9 Å². The highest BCUT2D eigenvalue weighted by Crippen LogP contribution is 2.50. The SMILES string of the molecule is CCC(=O)Oc1c2ccccc2c(-c2c3ccccc3c(OC(=O)CC)c3ccc(CC)cc23)c2cc(CC)ccc12. The van der Waals surface area contributed by atoms with Gasteiger partial charge in [-0.05, 0) is 56.6 Å². The number of ether oxygens (including phenoxy) is 2. The van der Waals surface area contributed by atoms with Crippen molar-refractivity contribution in [3.63, 3.8) is 0 Å². The molecular formula is C38H34O4. The van der Waals surface area contributed by atoms with Crippen LogP contribution in [0.2, 0.25) is 0 Å². The zero-order valence-corrected chi connectivity index (χ0v) is 24.5. The van der Waals surface area contributed by atoms with Gasteiger partial charge in [0.25, 0.3) is 0 Å². The third-order valence-corrected chi connectivity index (χ3v) is 8.15. The van der Waals surface area contributed by atoms with Crippen LogP contribution >= 0.6 is 0 Å². The number of rotatable bonds is 7. The lowest BCUT2D eigenvalue weighted by Crippen LogP contribution is -2.07.